The fourth-order valence-corrected chi connectivity index (χ4v) is 4.10. The molecule has 0 spiro atoms. The van der Waals surface area contributed by atoms with Gasteiger partial charge < -0.3 is 5.32 Å². The van der Waals surface area contributed by atoms with Crippen molar-refractivity contribution >= 4 is 27.1 Å². The van der Waals surface area contributed by atoms with E-state index in [0.717, 1.165) is 5.01 Å². The third-order valence-corrected chi connectivity index (χ3v) is 5.25. The summed E-state index contributed by atoms with van der Waals surface area (Å²) in [6.45, 7) is 0. The summed E-state index contributed by atoms with van der Waals surface area (Å²) >= 11 is 1.52. The summed E-state index contributed by atoms with van der Waals surface area (Å²) in [6.07, 6.45) is 3.22. The number of rotatable bonds is 4. The van der Waals surface area contributed by atoms with Crippen LogP contribution in [0.1, 0.15) is 17.8 Å². The van der Waals surface area contributed by atoms with Crippen LogP contribution in [0, 0.1) is 0 Å². The molecule has 0 saturated carbocycles. The highest BCUT2D eigenvalue weighted by Crippen LogP contribution is 2.12. The number of hydrogen-bond donors (Lipinski definition) is 1. The van der Waals surface area contributed by atoms with Gasteiger partial charge in [-0.1, -0.05) is 0 Å². The Bertz CT molecular complexity index is 482. The van der Waals surface area contributed by atoms with E-state index in [9.17, 15) is 13.2 Å². The fourth-order valence-electron chi connectivity index (χ4n) is 1.81. The Balaban J connectivity index is 1.75. The molecule has 2 rings (SSSR count). The zero-order valence-electron chi connectivity index (χ0n) is 9.26. The smallest absolute Gasteiger partial charge is 0.220 e. The van der Waals surface area contributed by atoms with Gasteiger partial charge in [-0.05, 0) is 6.42 Å². The van der Waals surface area contributed by atoms with Crippen LogP contribution in [-0.2, 0) is 21.1 Å². The normalized spacial score (nSPS) is 22.5. The van der Waals surface area contributed by atoms with Crippen LogP contribution in [0.2, 0.25) is 0 Å². The van der Waals surface area contributed by atoms with Crippen LogP contribution >= 0.6 is 11.3 Å². The second-order valence-electron chi connectivity index (χ2n) is 4.09. The van der Waals surface area contributed by atoms with Crippen molar-refractivity contribution < 1.29 is 13.2 Å². The first-order chi connectivity index (χ1) is 8.05. The SMILES string of the molecule is O=C(CCc1nccs1)NC1CCS(=O)(=O)C1. The maximum Gasteiger partial charge on any atom is 0.220 e. The molecular weight excluding hydrogens is 260 g/mol. The largest absolute Gasteiger partial charge is 0.352 e. The maximum absolute atomic E-state index is 11.6. The number of nitrogens with one attached hydrogen (secondary N) is 1. The van der Waals surface area contributed by atoms with Crippen molar-refractivity contribution in [1.82, 2.24) is 10.3 Å². The molecule has 1 fully saturated rings. The molecular formula is C10H14N2O3S2. The molecule has 1 N–H and O–H groups in total. The van der Waals surface area contributed by atoms with Crippen molar-refractivity contribution in [2.75, 3.05) is 11.5 Å². The second-order valence-corrected chi connectivity index (χ2v) is 7.30. The van der Waals surface area contributed by atoms with Gasteiger partial charge in [-0.15, -0.1) is 11.3 Å². The van der Waals surface area contributed by atoms with Crippen LogP contribution < -0.4 is 5.32 Å². The quantitative estimate of drug-likeness (QED) is 0.861. The predicted molar refractivity (Wildman–Crippen MR) is 65.6 cm³/mol. The molecule has 94 valence electrons. The van der Waals surface area contributed by atoms with Crippen molar-refractivity contribution in [2.45, 2.75) is 25.3 Å². The zero-order chi connectivity index (χ0) is 12.3. The van der Waals surface area contributed by atoms with E-state index in [1.807, 2.05) is 5.38 Å². The standard InChI is InChI=1S/C10H14N2O3S2/c13-9(1-2-10-11-4-5-16-10)12-8-3-6-17(14,15)7-8/h4-5,8H,1-3,6-7H2,(H,12,13). The summed E-state index contributed by atoms with van der Waals surface area (Å²) in [5, 5.41) is 5.56. The van der Waals surface area contributed by atoms with Crippen LogP contribution in [0.3, 0.4) is 0 Å². The van der Waals surface area contributed by atoms with E-state index in [1.54, 1.807) is 6.20 Å². The van der Waals surface area contributed by atoms with E-state index < -0.39 is 9.84 Å². The predicted octanol–water partition coefficient (Wildman–Crippen LogP) is 0.379. The first kappa shape index (κ1) is 12.5. The molecule has 2 heterocycles. The minimum absolute atomic E-state index is 0.0794. The topological polar surface area (TPSA) is 76.1 Å². The number of aromatic nitrogens is 1. The van der Waals surface area contributed by atoms with Crippen molar-refractivity contribution in [3.63, 3.8) is 0 Å². The summed E-state index contributed by atoms with van der Waals surface area (Å²) < 4.78 is 22.4. The lowest BCUT2D eigenvalue weighted by Gasteiger charge is -2.09. The van der Waals surface area contributed by atoms with Gasteiger partial charge in [-0.25, -0.2) is 13.4 Å². The van der Waals surface area contributed by atoms with E-state index in [1.165, 1.54) is 11.3 Å². The molecule has 1 aromatic rings. The average Bonchev–Trinajstić information content (AvgIpc) is 2.85. The zero-order valence-corrected chi connectivity index (χ0v) is 10.9. The number of nitrogens with zero attached hydrogens (tertiary/aromatic N) is 1. The van der Waals surface area contributed by atoms with Gasteiger partial charge in [-0.2, -0.15) is 0 Å². The van der Waals surface area contributed by atoms with Gasteiger partial charge in [0.15, 0.2) is 9.84 Å². The van der Waals surface area contributed by atoms with Crippen LogP contribution in [0.15, 0.2) is 11.6 Å². The number of carbonyl (C=O) groups is 1. The van der Waals surface area contributed by atoms with E-state index >= 15 is 0 Å². The first-order valence-electron chi connectivity index (χ1n) is 5.43. The Hall–Kier alpha value is -0.950. The molecule has 0 radical (unpaired) electrons. The first-order valence-corrected chi connectivity index (χ1v) is 8.13. The van der Waals surface area contributed by atoms with Crippen LogP contribution in [-0.4, -0.2) is 36.9 Å². The molecule has 0 aromatic carbocycles. The number of amides is 1. The van der Waals surface area contributed by atoms with Gasteiger partial charge in [0, 0.05) is 30.5 Å². The molecule has 7 heteroatoms. The van der Waals surface area contributed by atoms with Gasteiger partial charge in [0.25, 0.3) is 0 Å². The minimum atomic E-state index is -2.92. The lowest BCUT2D eigenvalue weighted by molar-refractivity contribution is -0.121. The summed E-state index contributed by atoms with van der Waals surface area (Å²) in [6, 6.07) is -0.205. The Labute approximate surface area is 104 Å². The van der Waals surface area contributed by atoms with E-state index in [-0.39, 0.29) is 23.5 Å². The Morgan fingerprint density at radius 3 is 3.00 bits per heavy atom. The van der Waals surface area contributed by atoms with Gasteiger partial charge in [-0.3, -0.25) is 4.79 Å². The molecule has 17 heavy (non-hydrogen) atoms. The van der Waals surface area contributed by atoms with Gasteiger partial charge >= 0.3 is 0 Å². The molecule has 1 saturated heterocycles. The van der Waals surface area contributed by atoms with Gasteiger partial charge in [0.1, 0.15) is 0 Å². The van der Waals surface area contributed by atoms with Crippen molar-refractivity contribution in [3.05, 3.63) is 16.6 Å². The molecule has 1 unspecified atom stereocenters. The van der Waals surface area contributed by atoms with Crippen molar-refractivity contribution in [2.24, 2.45) is 0 Å². The lowest BCUT2D eigenvalue weighted by Crippen LogP contribution is -2.35. The molecule has 1 aromatic heterocycles. The van der Waals surface area contributed by atoms with Gasteiger partial charge in [0.05, 0.1) is 16.5 Å². The molecule has 0 bridgehead atoms. The molecule has 1 atom stereocenters. The Morgan fingerprint density at radius 2 is 2.41 bits per heavy atom. The summed E-state index contributed by atoms with van der Waals surface area (Å²) in [4.78, 5) is 15.7. The number of thiazole rings is 1. The number of hydrogen-bond acceptors (Lipinski definition) is 5. The third-order valence-electron chi connectivity index (χ3n) is 2.65. The molecule has 1 aliphatic rings. The Kier molecular flexibility index (Phi) is 3.78. The molecule has 0 aliphatic carbocycles. The molecule has 5 nitrogen and oxygen atoms in total. The number of carbonyl (C=O) groups excluding carboxylic acids is 1. The van der Waals surface area contributed by atoms with Gasteiger partial charge in [0.2, 0.25) is 5.91 Å². The van der Waals surface area contributed by atoms with Crippen molar-refractivity contribution in [1.29, 1.82) is 0 Å². The number of aryl methyl sites for hydroxylation is 1. The van der Waals surface area contributed by atoms with Crippen molar-refractivity contribution in [3.8, 4) is 0 Å². The fraction of sp³-hybridized carbons (Fsp3) is 0.600. The summed E-state index contributed by atoms with van der Waals surface area (Å²) in [7, 11) is -2.92. The highest BCUT2D eigenvalue weighted by Gasteiger charge is 2.28. The monoisotopic (exact) mass is 274 g/mol. The van der Waals surface area contributed by atoms with Crippen LogP contribution in [0.4, 0.5) is 0 Å². The Morgan fingerprint density at radius 1 is 1.59 bits per heavy atom. The van der Waals surface area contributed by atoms with Crippen LogP contribution in [0.25, 0.3) is 0 Å². The van der Waals surface area contributed by atoms with Crippen LogP contribution in [0.5, 0.6) is 0 Å². The summed E-state index contributed by atoms with van der Waals surface area (Å²) in [5.74, 6) is 0.169. The van der Waals surface area contributed by atoms with E-state index in [2.05, 4.69) is 10.3 Å². The highest BCUT2D eigenvalue weighted by molar-refractivity contribution is 7.91. The third kappa shape index (κ3) is 3.78. The molecule has 1 aliphatic heterocycles. The summed E-state index contributed by atoms with van der Waals surface area (Å²) in [5.41, 5.74) is 0. The maximum atomic E-state index is 11.6. The minimum Gasteiger partial charge on any atom is -0.352 e. The highest BCUT2D eigenvalue weighted by atomic mass is 32.2. The number of sulfone groups is 1. The lowest BCUT2D eigenvalue weighted by atomic mass is 10.2. The second kappa shape index (κ2) is 5.14. The molecule has 1 amide bonds. The average molecular weight is 274 g/mol. The van der Waals surface area contributed by atoms with E-state index in [0.29, 0.717) is 19.3 Å². The van der Waals surface area contributed by atoms with E-state index in [4.69, 9.17) is 0 Å².